The first-order valence-corrected chi connectivity index (χ1v) is 9.28. The minimum atomic E-state index is 0.680. The van der Waals surface area contributed by atoms with Gasteiger partial charge in [-0.25, -0.2) is 5.01 Å². The average Bonchev–Trinajstić information content (AvgIpc) is 2.48. The predicted octanol–water partition coefficient (Wildman–Crippen LogP) is 0.671. The highest BCUT2D eigenvalue weighted by molar-refractivity contribution is 4.92. The molecule has 0 aromatic rings. The maximum Gasteiger partial charge on any atom is 0.0198 e. The van der Waals surface area contributed by atoms with Crippen molar-refractivity contribution in [3.8, 4) is 0 Å². The topological polar surface area (TPSA) is 39.0 Å². The van der Waals surface area contributed by atoms with Gasteiger partial charge in [0.25, 0.3) is 0 Å². The van der Waals surface area contributed by atoms with Crippen molar-refractivity contribution in [3.63, 3.8) is 0 Å². The summed E-state index contributed by atoms with van der Waals surface area (Å²) in [6.45, 7) is 16.8. The highest BCUT2D eigenvalue weighted by Gasteiger charge is 2.36. The van der Waals surface area contributed by atoms with Crippen LogP contribution >= 0.6 is 0 Å². The summed E-state index contributed by atoms with van der Waals surface area (Å²) in [5, 5.41) is 1.94. The summed E-state index contributed by atoms with van der Waals surface area (Å²) in [4.78, 5) is 8.11. The standard InChI is InChI=1S/C17H35N5/c1-4-19-7-5-17(6-8-19)20-9-14(2)22(15(3)10-20)13-16-11-21(18)12-16/h14-17H,4-13,18H2,1-3H3. The van der Waals surface area contributed by atoms with Crippen molar-refractivity contribution in [2.75, 3.05) is 52.4 Å². The molecular formula is C17H35N5. The van der Waals surface area contributed by atoms with Crippen LogP contribution in [-0.2, 0) is 0 Å². The molecule has 128 valence electrons. The highest BCUT2D eigenvalue weighted by Crippen LogP contribution is 2.25. The van der Waals surface area contributed by atoms with E-state index in [0.29, 0.717) is 12.1 Å². The molecule has 0 aromatic heterocycles. The van der Waals surface area contributed by atoms with E-state index >= 15 is 0 Å². The molecule has 0 saturated carbocycles. The van der Waals surface area contributed by atoms with Crippen molar-refractivity contribution in [3.05, 3.63) is 0 Å². The number of nitrogens with zero attached hydrogens (tertiary/aromatic N) is 4. The lowest BCUT2D eigenvalue weighted by Crippen LogP contribution is -2.63. The van der Waals surface area contributed by atoms with Gasteiger partial charge in [0.2, 0.25) is 0 Å². The minimum absolute atomic E-state index is 0.680. The third-order valence-electron chi connectivity index (χ3n) is 6.10. The van der Waals surface area contributed by atoms with Gasteiger partial charge in [0.05, 0.1) is 0 Å². The molecule has 3 aliphatic heterocycles. The molecule has 0 amide bonds. The number of hydrogen-bond acceptors (Lipinski definition) is 5. The van der Waals surface area contributed by atoms with Gasteiger partial charge in [0.15, 0.2) is 0 Å². The van der Waals surface area contributed by atoms with Crippen LogP contribution in [0.4, 0.5) is 0 Å². The Morgan fingerprint density at radius 3 is 2.05 bits per heavy atom. The van der Waals surface area contributed by atoms with Crippen molar-refractivity contribution in [1.82, 2.24) is 19.7 Å². The van der Waals surface area contributed by atoms with Gasteiger partial charge < -0.3 is 4.90 Å². The van der Waals surface area contributed by atoms with E-state index in [-0.39, 0.29) is 0 Å². The molecule has 3 fully saturated rings. The predicted molar refractivity (Wildman–Crippen MR) is 91.6 cm³/mol. The molecule has 0 bridgehead atoms. The highest BCUT2D eigenvalue weighted by atomic mass is 15.4. The van der Waals surface area contributed by atoms with E-state index in [1.54, 1.807) is 0 Å². The van der Waals surface area contributed by atoms with Crippen LogP contribution in [0.3, 0.4) is 0 Å². The van der Waals surface area contributed by atoms with E-state index in [1.807, 2.05) is 5.01 Å². The van der Waals surface area contributed by atoms with Gasteiger partial charge in [-0.2, -0.15) is 0 Å². The molecule has 0 spiro atoms. The summed E-state index contributed by atoms with van der Waals surface area (Å²) in [5.41, 5.74) is 0. The van der Waals surface area contributed by atoms with E-state index in [9.17, 15) is 0 Å². The summed E-state index contributed by atoms with van der Waals surface area (Å²) < 4.78 is 0. The van der Waals surface area contributed by atoms with Gasteiger partial charge in [0, 0.05) is 50.8 Å². The van der Waals surface area contributed by atoms with Gasteiger partial charge in [-0.15, -0.1) is 0 Å². The summed E-state index contributed by atoms with van der Waals surface area (Å²) >= 11 is 0. The third-order valence-corrected chi connectivity index (χ3v) is 6.10. The fraction of sp³-hybridized carbons (Fsp3) is 1.00. The second-order valence-electron chi connectivity index (χ2n) is 7.83. The van der Waals surface area contributed by atoms with E-state index in [4.69, 9.17) is 5.84 Å². The van der Waals surface area contributed by atoms with Crippen LogP contribution < -0.4 is 5.84 Å². The monoisotopic (exact) mass is 309 g/mol. The van der Waals surface area contributed by atoms with Crippen molar-refractivity contribution in [2.24, 2.45) is 11.8 Å². The Labute approximate surface area is 136 Å². The Hall–Kier alpha value is -0.200. The van der Waals surface area contributed by atoms with Crippen molar-refractivity contribution >= 4 is 0 Å². The zero-order chi connectivity index (χ0) is 15.7. The van der Waals surface area contributed by atoms with Crippen LogP contribution in [0.5, 0.6) is 0 Å². The Morgan fingerprint density at radius 2 is 1.55 bits per heavy atom. The summed E-state index contributed by atoms with van der Waals surface area (Å²) in [6, 6.07) is 2.18. The van der Waals surface area contributed by atoms with Crippen molar-refractivity contribution < 1.29 is 0 Å². The molecule has 3 rings (SSSR count). The number of nitrogens with two attached hydrogens (primary N) is 1. The van der Waals surface area contributed by atoms with Gasteiger partial charge >= 0.3 is 0 Å². The second-order valence-corrected chi connectivity index (χ2v) is 7.83. The number of likely N-dealkylation sites (tertiary alicyclic amines) is 1. The first-order chi connectivity index (χ1) is 10.6. The van der Waals surface area contributed by atoms with Crippen LogP contribution in [0.1, 0.15) is 33.6 Å². The fourth-order valence-corrected chi connectivity index (χ4v) is 4.68. The number of hydrazine groups is 1. The lowest BCUT2D eigenvalue weighted by atomic mass is 9.96. The maximum absolute atomic E-state index is 5.79. The van der Waals surface area contributed by atoms with E-state index in [2.05, 4.69) is 35.5 Å². The Balaban J connectivity index is 1.49. The van der Waals surface area contributed by atoms with Crippen LogP contribution in [0.25, 0.3) is 0 Å². The van der Waals surface area contributed by atoms with E-state index < -0.39 is 0 Å². The van der Waals surface area contributed by atoms with Crippen LogP contribution in [0.2, 0.25) is 0 Å². The van der Waals surface area contributed by atoms with Gasteiger partial charge in [-0.3, -0.25) is 15.6 Å². The molecule has 3 saturated heterocycles. The first-order valence-electron chi connectivity index (χ1n) is 9.28. The quantitative estimate of drug-likeness (QED) is 0.773. The Bertz CT molecular complexity index is 337. The zero-order valence-corrected chi connectivity index (χ0v) is 14.7. The number of piperidine rings is 1. The lowest BCUT2D eigenvalue weighted by Gasteiger charge is -2.50. The first kappa shape index (κ1) is 16.7. The molecule has 5 nitrogen and oxygen atoms in total. The average molecular weight is 310 g/mol. The van der Waals surface area contributed by atoms with Crippen LogP contribution in [0.15, 0.2) is 0 Å². The molecule has 2 unspecified atom stereocenters. The lowest BCUT2D eigenvalue weighted by molar-refractivity contribution is -0.0262. The van der Waals surface area contributed by atoms with Gasteiger partial charge in [-0.05, 0) is 52.2 Å². The molecule has 2 atom stereocenters. The summed E-state index contributed by atoms with van der Waals surface area (Å²) in [7, 11) is 0. The van der Waals surface area contributed by atoms with E-state index in [1.165, 1.54) is 52.1 Å². The number of hydrogen-bond donors (Lipinski definition) is 1. The number of rotatable bonds is 4. The van der Waals surface area contributed by atoms with Crippen molar-refractivity contribution in [2.45, 2.75) is 51.7 Å². The summed E-state index contributed by atoms with van der Waals surface area (Å²) in [5.74, 6) is 6.57. The second kappa shape index (κ2) is 7.14. The van der Waals surface area contributed by atoms with Gasteiger partial charge in [0.1, 0.15) is 0 Å². The van der Waals surface area contributed by atoms with Gasteiger partial charge in [-0.1, -0.05) is 6.92 Å². The smallest absolute Gasteiger partial charge is 0.0198 e. The fourth-order valence-electron chi connectivity index (χ4n) is 4.68. The third kappa shape index (κ3) is 3.65. The minimum Gasteiger partial charge on any atom is -0.303 e. The summed E-state index contributed by atoms with van der Waals surface area (Å²) in [6.07, 6.45) is 2.72. The van der Waals surface area contributed by atoms with E-state index in [0.717, 1.165) is 25.0 Å². The molecule has 0 aromatic carbocycles. The molecule has 2 N–H and O–H groups in total. The molecule has 0 radical (unpaired) electrons. The largest absolute Gasteiger partial charge is 0.303 e. The molecular weight excluding hydrogens is 274 g/mol. The molecule has 22 heavy (non-hydrogen) atoms. The maximum atomic E-state index is 5.79. The zero-order valence-electron chi connectivity index (χ0n) is 14.7. The normalized spacial score (nSPS) is 34.9. The molecule has 3 aliphatic rings. The Kier molecular flexibility index (Phi) is 5.40. The molecule has 0 aliphatic carbocycles. The van der Waals surface area contributed by atoms with Crippen LogP contribution in [-0.4, -0.2) is 90.2 Å². The molecule has 5 heteroatoms. The molecule has 3 heterocycles. The Morgan fingerprint density at radius 1 is 0.955 bits per heavy atom. The van der Waals surface area contributed by atoms with Crippen molar-refractivity contribution in [1.29, 1.82) is 0 Å². The SMILES string of the molecule is CCN1CCC(N2CC(C)N(CC3CN(N)C3)C(C)C2)CC1. The van der Waals surface area contributed by atoms with Crippen LogP contribution in [0, 0.1) is 5.92 Å². The number of piperazine rings is 1.